The lowest BCUT2D eigenvalue weighted by atomic mass is 10.1. The summed E-state index contributed by atoms with van der Waals surface area (Å²) in [6.07, 6.45) is 0. The van der Waals surface area contributed by atoms with Crippen LogP contribution in [0.4, 0.5) is 5.69 Å². The summed E-state index contributed by atoms with van der Waals surface area (Å²) in [5, 5.41) is 3.46. The molecule has 1 N–H and O–H groups in total. The highest BCUT2D eigenvalue weighted by Crippen LogP contribution is 2.26. The molecule has 0 radical (unpaired) electrons. The van der Waals surface area contributed by atoms with Crippen LogP contribution in [0, 0.1) is 6.92 Å². The SMILES string of the molecule is Cc1c(Br)cccc1NC(=O)c1ccc(Cl)c(Br)c1. The van der Waals surface area contributed by atoms with Gasteiger partial charge in [0.05, 0.1) is 5.02 Å². The Morgan fingerprint density at radius 1 is 1.16 bits per heavy atom. The van der Waals surface area contributed by atoms with Gasteiger partial charge in [-0.25, -0.2) is 0 Å². The van der Waals surface area contributed by atoms with Gasteiger partial charge in [-0.2, -0.15) is 0 Å². The van der Waals surface area contributed by atoms with Crippen LogP contribution in [0.2, 0.25) is 5.02 Å². The molecular formula is C14H10Br2ClNO. The number of halogens is 3. The highest BCUT2D eigenvalue weighted by molar-refractivity contribution is 9.10. The van der Waals surface area contributed by atoms with Crippen LogP contribution in [0.25, 0.3) is 0 Å². The van der Waals surface area contributed by atoms with E-state index in [1.54, 1.807) is 18.2 Å². The van der Waals surface area contributed by atoms with E-state index in [-0.39, 0.29) is 5.91 Å². The molecule has 0 saturated carbocycles. The first kappa shape index (κ1) is 14.6. The average Bonchev–Trinajstić information content (AvgIpc) is 2.38. The molecule has 0 bridgehead atoms. The summed E-state index contributed by atoms with van der Waals surface area (Å²) in [5.74, 6) is -0.168. The molecule has 19 heavy (non-hydrogen) atoms. The van der Waals surface area contributed by atoms with Crippen molar-refractivity contribution in [2.24, 2.45) is 0 Å². The predicted octanol–water partition coefficient (Wildman–Crippen LogP) is 5.43. The topological polar surface area (TPSA) is 29.1 Å². The molecule has 0 unspecified atom stereocenters. The van der Waals surface area contributed by atoms with E-state index in [1.165, 1.54) is 0 Å². The molecule has 0 saturated heterocycles. The minimum atomic E-state index is -0.168. The lowest BCUT2D eigenvalue weighted by Gasteiger charge is -2.10. The summed E-state index contributed by atoms with van der Waals surface area (Å²) in [4.78, 5) is 12.2. The number of amides is 1. The Morgan fingerprint density at radius 2 is 1.89 bits per heavy atom. The molecule has 5 heteroatoms. The van der Waals surface area contributed by atoms with Crippen molar-refractivity contribution in [3.8, 4) is 0 Å². The van der Waals surface area contributed by atoms with Gasteiger partial charge in [0.15, 0.2) is 0 Å². The number of nitrogens with one attached hydrogen (secondary N) is 1. The van der Waals surface area contributed by atoms with Gasteiger partial charge in [-0.15, -0.1) is 0 Å². The molecule has 2 aromatic carbocycles. The van der Waals surface area contributed by atoms with Crippen LogP contribution < -0.4 is 5.32 Å². The van der Waals surface area contributed by atoms with Gasteiger partial charge in [-0.3, -0.25) is 4.79 Å². The normalized spacial score (nSPS) is 10.3. The molecule has 0 aliphatic carbocycles. The van der Waals surface area contributed by atoms with Gasteiger partial charge >= 0.3 is 0 Å². The standard InChI is InChI=1S/C14H10Br2ClNO/c1-8-10(15)3-2-4-13(8)18-14(19)9-5-6-12(17)11(16)7-9/h2-7H,1H3,(H,18,19). The second-order valence-electron chi connectivity index (χ2n) is 4.00. The Hall–Kier alpha value is -0.840. The second-order valence-corrected chi connectivity index (χ2v) is 6.11. The van der Waals surface area contributed by atoms with Gasteiger partial charge in [0.25, 0.3) is 5.91 Å². The maximum atomic E-state index is 12.2. The van der Waals surface area contributed by atoms with E-state index in [0.29, 0.717) is 15.1 Å². The van der Waals surface area contributed by atoms with Gasteiger partial charge in [0, 0.05) is 20.2 Å². The summed E-state index contributed by atoms with van der Waals surface area (Å²) in [5.41, 5.74) is 2.32. The number of anilines is 1. The second kappa shape index (κ2) is 6.07. The fourth-order valence-electron chi connectivity index (χ4n) is 1.57. The highest BCUT2D eigenvalue weighted by Gasteiger charge is 2.10. The summed E-state index contributed by atoms with van der Waals surface area (Å²) in [6, 6.07) is 10.8. The molecule has 0 aliphatic rings. The monoisotopic (exact) mass is 401 g/mol. The molecule has 2 rings (SSSR count). The van der Waals surface area contributed by atoms with Crippen LogP contribution in [-0.2, 0) is 0 Å². The highest BCUT2D eigenvalue weighted by atomic mass is 79.9. The first-order chi connectivity index (χ1) is 8.99. The number of benzene rings is 2. The average molecular weight is 404 g/mol. The van der Waals surface area contributed by atoms with Crippen molar-refractivity contribution in [1.82, 2.24) is 0 Å². The van der Waals surface area contributed by atoms with Crippen molar-refractivity contribution in [2.75, 3.05) is 5.32 Å². The Morgan fingerprint density at radius 3 is 2.58 bits per heavy atom. The molecule has 1 amide bonds. The third-order valence-electron chi connectivity index (χ3n) is 2.70. The summed E-state index contributed by atoms with van der Waals surface area (Å²) < 4.78 is 1.66. The van der Waals surface area contributed by atoms with Crippen LogP contribution in [0.3, 0.4) is 0 Å². The van der Waals surface area contributed by atoms with E-state index in [0.717, 1.165) is 15.7 Å². The molecule has 98 valence electrons. The first-order valence-electron chi connectivity index (χ1n) is 5.50. The van der Waals surface area contributed by atoms with Crippen molar-refractivity contribution < 1.29 is 4.79 Å². The van der Waals surface area contributed by atoms with Crippen molar-refractivity contribution in [2.45, 2.75) is 6.92 Å². The third-order valence-corrected chi connectivity index (χ3v) is 4.77. The van der Waals surface area contributed by atoms with Crippen LogP contribution in [0.15, 0.2) is 45.3 Å². The van der Waals surface area contributed by atoms with E-state index in [4.69, 9.17) is 11.6 Å². The van der Waals surface area contributed by atoms with Gasteiger partial charge in [0.2, 0.25) is 0 Å². The van der Waals surface area contributed by atoms with E-state index >= 15 is 0 Å². The van der Waals surface area contributed by atoms with Gasteiger partial charge in [0.1, 0.15) is 0 Å². The summed E-state index contributed by atoms with van der Waals surface area (Å²) >= 11 is 12.7. The molecular weight excluding hydrogens is 393 g/mol. The first-order valence-corrected chi connectivity index (χ1v) is 7.47. The predicted molar refractivity (Wildman–Crippen MR) is 86.0 cm³/mol. The van der Waals surface area contributed by atoms with Crippen molar-refractivity contribution in [1.29, 1.82) is 0 Å². The number of carbonyl (C=O) groups excluding carboxylic acids is 1. The minimum Gasteiger partial charge on any atom is -0.322 e. The Bertz CT molecular complexity index is 643. The lowest BCUT2D eigenvalue weighted by Crippen LogP contribution is -2.12. The summed E-state index contributed by atoms with van der Waals surface area (Å²) in [7, 11) is 0. The molecule has 2 aromatic rings. The number of carbonyl (C=O) groups is 1. The Kier molecular flexibility index (Phi) is 4.66. The van der Waals surface area contributed by atoms with Crippen LogP contribution in [-0.4, -0.2) is 5.91 Å². The van der Waals surface area contributed by atoms with Gasteiger partial charge < -0.3 is 5.32 Å². The quantitative estimate of drug-likeness (QED) is 0.712. The maximum Gasteiger partial charge on any atom is 0.255 e. The van der Waals surface area contributed by atoms with Crippen molar-refractivity contribution in [3.63, 3.8) is 0 Å². The third kappa shape index (κ3) is 3.38. The smallest absolute Gasteiger partial charge is 0.255 e. The molecule has 0 fully saturated rings. The Balaban J connectivity index is 2.26. The molecule has 0 aromatic heterocycles. The zero-order chi connectivity index (χ0) is 14.0. The van der Waals surface area contributed by atoms with E-state index in [1.807, 2.05) is 25.1 Å². The van der Waals surface area contributed by atoms with E-state index < -0.39 is 0 Å². The minimum absolute atomic E-state index is 0.168. The van der Waals surface area contributed by atoms with Crippen molar-refractivity contribution in [3.05, 3.63) is 61.5 Å². The fourth-order valence-corrected chi connectivity index (χ4v) is 2.44. The molecule has 0 aliphatic heterocycles. The van der Waals surface area contributed by atoms with Crippen LogP contribution >= 0.6 is 43.5 Å². The van der Waals surface area contributed by atoms with Crippen LogP contribution in [0.5, 0.6) is 0 Å². The zero-order valence-corrected chi connectivity index (χ0v) is 13.9. The fraction of sp³-hybridized carbons (Fsp3) is 0.0714. The van der Waals surface area contributed by atoms with E-state index in [9.17, 15) is 4.79 Å². The molecule has 0 spiro atoms. The van der Waals surface area contributed by atoms with E-state index in [2.05, 4.69) is 37.2 Å². The van der Waals surface area contributed by atoms with Crippen LogP contribution in [0.1, 0.15) is 15.9 Å². The zero-order valence-electron chi connectivity index (χ0n) is 10.0. The largest absolute Gasteiger partial charge is 0.322 e. The van der Waals surface area contributed by atoms with Gasteiger partial charge in [-0.1, -0.05) is 33.6 Å². The molecule has 0 atom stereocenters. The summed E-state index contributed by atoms with van der Waals surface area (Å²) in [6.45, 7) is 1.94. The Labute approximate surface area is 133 Å². The van der Waals surface area contributed by atoms with Gasteiger partial charge in [-0.05, 0) is 58.7 Å². The number of hydrogen-bond acceptors (Lipinski definition) is 1. The lowest BCUT2D eigenvalue weighted by molar-refractivity contribution is 0.102. The molecule has 0 heterocycles. The maximum absolute atomic E-state index is 12.2. The number of hydrogen-bond donors (Lipinski definition) is 1. The molecule has 2 nitrogen and oxygen atoms in total. The van der Waals surface area contributed by atoms with Crippen molar-refractivity contribution >= 4 is 55.1 Å². The number of rotatable bonds is 2.